The first kappa shape index (κ1) is 15.8. The number of fused-ring (bicyclic) bond motifs is 1. The first-order valence-electron chi connectivity index (χ1n) is 7.00. The van der Waals surface area contributed by atoms with Crippen LogP contribution in [0.2, 0.25) is 10.0 Å². The van der Waals surface area contributed by atoms with Crippen molar-refractivity contribution in [3.63, 3.8) is 0 Å². The Hall–Kier alpha value is -2.11. The highest BCUT2D eigenvalue weighted by atomic mass is 35.5. The highest BCUT2D eigenvalue weighted by Gasteiger charge is 2.12. The Morgan fingerprint density at radius 2 is 1.78 bits per heavy atom. The number of amides is 2. The molecule has 0 unspecified atom stereocenters. The van der Waals surface area contributed by atoms with Crippen LogP contribution in [0.25, 0.3) is 0 Å². The number of ether oxygens (including phenoxy) is 2. The third kappa shape index (κ3) is 4.00. The number of nitrogens with one attached hydrogen (secondary N) is 2. The van der Waals surface area contributed by atoms with E-state index in [0.29, 0.717) is 41.2 Å². The summed E-state index contributed by atoms with van der Waals surface area (Å²) >= 11 is 11.7. The number of anilines is 1. The first-order chi connectivity index (χ1) is 11.1. The number of hydrogen-bond donors (Lipinski definition) is 2. The average molecular weight is 353 g/mol. The zero-order valence-corrected chi connectivity index (χ0v) is 13.6. The van der Waals surface area contributed by atoms with Gasteiger partial charge in [-0.2, -0.15) is 0 Å². The Labute approximate surface area is 143 Å². The van der Waals surface area contributed by atoms with E-state index in [1.54, 1.807) is 18.2 Å². The van der Waals surface area contributed by atoms with Crippen LogP contribution in [0, 0.1) is 0 Å². The zero-order chi connectivity index (χ0) is 16.2. The molecule has 23 heavy (non-hydrogen) atoms. The Bertz CT molecular complexity index is 737. The van der Waals surface area contributed by atoms with Gasteiger partial charge in [-0.15, -0.1) is 0 Å². The predicted molar refractivity (Wildman–Crippen MR) is 89.8 cm³/mol. The molecule has 1 aliphatic heterocycles. The van der Waals surface area contributed by atoms with Crippen molar-refractivity contribution < 1.29 is 14.3 Å². The van der Waals surface area contributed by atoms with Crippen LogP contribution in [-0.2, 0) is 6.54 Å². The summed E-state index contributed by atoms with van der Waals surface area (Å²) in [5.74, 6) is 1.42. The van der Waals surface area contributed by atoms with Gasteiger partial charge in [-0.05, 0) is 35.9 Å². The molecule has 120 valence electrons. The Morgan fingerprint density at radius 1 is 1.00 bits per heavy atom. The maximum atomic E-state index is 11.9. The van der Waals surface area contributed by atoms with E-state index < -0.39 is 0 Å². The molecule has 0 radical (unpaired) electrons. The number of rotatable bonds is 3. The molecule has 0 saturated heterocycles. The minimum atomic E-state index is -0.335. The highest BCUT2D eigenvalue weighted by Crippen LogP contribution is 2.30. The SMILES string of the molecule is O=C(NCc1ccc2c(c1)OCCO2)Nc1ccc(Cl)c(Cl)c1. The molecule has 0 saturated carbocycles. The summed E-state index contributed by atoms with van der Waals surface area (Å²) in [6.45, 7) is 1.45. The van der Waals surface area contributed by atoms with E-state index in [0.717, 1.165) is 11.3 Å². The number of halogens is 2. The Balaban J connectivity index is 1.57. The molecular formula is C16H14Cl2N2O3. The third-order valence-corrected chi connectivity index (χ3v) is 3.98. The quantitative estimate of drug-likeness (QED) is 0.874. The highest BCUT2D eigenvalue weighted by molar-refractivity contribution is 6.42. The molecule has 0 bridgehead atoms. The maximum Gasteiger partial charge on any atom is 0.319 e. The molecule has 5 nitrogen and oxygen atoms in total. The summed E-state index contributed by atoms with van der Waals surface area (Å²) in [6, 6.07) is 10.1. The van der Waals surface area contributed by atoms with Crippen LogP contribution in [0.15, 0.2) is 36.4 Å². The van der Waals surface area contributed by atoms with Gasteiger partial charge < -0.3 is 20.1 Å². The lowest BCUT2D eigenvalue weighted by atomic mass is 10.2. The standard InChI is InChI=1S/C16H14Cl2N2O3/c17-12-3-2-11(8-13(12)18)20-16(21)19-9-10-1-4-14-15(7-10)23-6-5-22-14/h1-4,7-8H,5-6,9H2,(H2,19,20,21). The van der Waals surface area contributed by atoms with Crippen LogP contribution in [-0.4, -0.2) is 19.2 Å². The van der Waals surface area contributed by atoms with Crippen molar-refractivity contribution in [3.05, 3.63) is 52.0 Å². The van der Waals surface area contributed by atoms with Crippen molar-refractivity contribution in [2.24, 2.45) is 0 Å². The summed E-state index contributed by atoms with van der Waals surface area (Å²) in [7, 11) is 0. The molecule has 1 heterocycles. The molecule has 0 spiro atoms. The first-order valence-corrected chi connectivity index (χ1v) is 7.76. The van der Waals surface area contributed by atoms with Gasteiger partial charge in [0.05, 0.1) is 10.0 Å². The monoisotopic (exact) mass is 352 g/mol. The van der Waals surface area contributed by atoms with Crippen molar-refractivity contribution in [1.82, 2.24) is 5.32 Å². The van der Waals surface area contributed by atoms with Gasteiger partial charge in [-0.25, -0.2) is 4.79 Å². The van der Waals surface area contributed by atoms with E-state index in [2.05, 4.69) is 10.6 Å². The molecule has 2 amide bonds. The molecular weight excluding hydrogens is 339 g/mol. The van der Waals surface area contributed by atoms with Gasteiger partial charge in [-0.1, -0.05) is 29.3 Å². The number of carbonyl (C=O) groups excluding carboxylic acids is 1. The lowest BCUT2D eigenvalue weighted by Gasteiger charge is -2.19. The Morgan fingerprint density at radius 3 is 2.57 bits per heavy atom. The average Bonchev–Trinajstić information content (AvgIpc) is 2.56. The minimum absolute atomic E-state index is 0.335. The van der Waals surface area contributed by atoms with Crippen LogP contribution >= 0.6 is 23.2 Å². The largest absolute Gasteiger partial charge is 0.486 e. The molecule has 0 atom stereocenters. The van der Waals surface area contributed by atoms with Crippen molar-refractivity contribution in [2.45, 2.75) is 6.54 Å². The van der Waals surface area contributed by atoms with Crippen LogP contribution in [0.4, 0.5) is 10.5 Å². The second-order valence-corrected chi connectivity index (χ2v) is 5.73. The van der Waals surface area contributed by atoms with Crippen LogP contribution in [0.1, 0.15) is 5.56 Å². The van der Waals surface area contributed by atoms with Crippen molar-refractivity contribution in [1.29, 1.82) is 0 Å². The van der Waals surface area contributed by atoms with E-state index in [1.807, 2.05) is 18.2 Å². The van der Waals surface area contributed by atoms with E-state index >= 15 is 0 Å². The van der Waals surface area contributed by atoms with E-state index in [1.165, 1.54) is 0 Å². The summed E-state index contributed by atoms with van der Waals surface area (Å²) < 4.78 is 11.0. The molecule has 0 fully saturated rings. The van der Waals surface area contributed by atoms with Gasteiger partial charge in [0.2, 0.25) is 0 Å². The van der Waals surface area contributed by atoms with Crippen molar-refractivity contribution in [2.75, 3.05) is 18.5 Å². The number of urea groups is 1. The molecule has 7 heteroatoms. The number of hydrogen-bond acceptors (Lipinski definition) is 3. The van der Waals surface area contributed by atoms with Crippen LogP contribution in [0.5, 0.6) is 11.5 Å². The van der Waals surface area contributed by atoms with Gasteiger partial charge in [0.1, 0.15) is 13.2 Å². The van der Waals surface area contributed by atoms with Gasteiger partial charge >= 0.3 is 6.03 Å². The van der Waals surface area contributed by atoms with Crippen molar-refractivity contribution in [3.8, 4) is 11.5 Å². The van der Waals surface area contributed by atoms with E-state index in [9.17, 15) is 4.79 Å². The lowest BCUT2D eigenvalue weighted by Crippen LogP contribution is -2.28. The van der Waals surface area contributed by atoms with Gasteiger partial charge in [-0.3, -0.25) is 0 Å². The smallest absolute Gasteiger partial charge is 0.319 e. The molecule has 0 aromatic heterocycles. The zero-order valence-electron chi connectivity index (χ0n) is 12.1. The fraction of sp³-hybridized carbons (Fsp3) is 0.188. The van der Waals surface area contributed by atoms with Crippen molar-refractivity contribution >= 4 is 34.9 Å². The summed E-state index contributed by atoms with van der Waals surface area (Å²) in [5, 5.41) is 6.28. The van der Waals surface area contributed by atoms with Gasteiger partial charge in [0, 0.05) is 12.2 Å². The molecule has 1 aliphatic rings. The number of benzene rings is 2. The lowest BCUT2D eigenvalue weighted by molar-refractivity contribution is 0.171. The fourth-order valence-corrected chi connectivity index (χ4v) is 2.43. The summed E-state index contributed by atoms with van der Waals surface area (Å²) in [6.07, 6.45) is 0. The maximum absolute atomic E-state index is 11.9. The van der Waals surface area contributed by atoms with Gasteiger partial charge in [0.25, 0.3) is 0 Å². The normalized spacial score (nSPS) is 12.6. The number of carbonyl (C=O) groups is 1. The van der Waals surface area contributed by atoms with Crippen LogP contribution < -0.4 is 20.1 Å². The Kier molecular flexibility index (Phi) is 4.79. The van der Waals surface area contributed by atoms with E-state index in [-0.39, 0.29) is 6.03 Å². The third-order valence-electron chi connectivity index (χ3n) is 3.24. The second-order valence-electron chi connectivity index (χ2n) is 4.91. The molecule has 2 aromatic carbocycles. The molecule has 2 aromatic rings. The second kappa shape index (κ2) is 6.98. The van der Waals surface area contributed by atoms with Crippen LogP contribution in [0.3, 0.4) is 0 Å². The molecule has 2 N–H and O–H groups in total. The minimum Gasteiger partial charge on any atom is -0.486 e. The fourth-order valence-electron chi connectivity index (χ4n) is 2.13. The summed E-state index contributed by atoms with van der Waals surface area (Å²) in [4.78, 5) is 11.9. The molecule has 3 rings (SSSR count). The molecule has 0 aliphatic carbocycles. The van der Waals surface area contributed by atoms with E-state index in [4.69, 9.17) is 32.7 Å². The van der Waals surface area contributed by atoms with Gasteiger partial charge in [0.15, 0.2) is 11.5 Å². The summed E-state index contributed by atoms with van der Waals surface area (Å²) in [5.41, 5.74) is 1.48. The topological polar surface area (TPSA) is 59.6 Å². The predicted octanol–water partition coefficient (Wildman–Crippen LogP) is 4.09.